The van der Waals surface area contributed by atoms with Crippen molar-refractivity contribution in [1.29, 1.82) is 0 Å². The summed E-state index contributed by atoms with van der Waals surface area (Å²) in [6.07, 6.45) is -0.388. The number of nitrogens with zero attached hydrogens (tertiary/aromatic N) is 2. The highest BCUT2D eigenvalue weighted by Crippen LogP contribution is 2.44. The monoisotopic (exact) mass is 481 g/mol. The highest BCUT2D eigenvalue weighted by Gasteiger charge is 2.29. The van der Waals surface area contributed by atoms with E-state index in [-0.39, 0.29) is 25.0 Å². The SMILES string of the molecule is CN(CC(=O)NCCCN(C)C(=O)OC(C)(C)C)C(=O)OCC1c2ccccc2-c2ccccc21. The van der Waals surface area contributed by atoms with Gasteiger partial charge in [-0.2, -0.15) is 0 Å². The second kappa shape index (κ2) is 11.3. The minimum absolute atomic E-state index is 0.0319. The van der Waals surface area contributed by atoms with Gasteiger partial charge in [0.15, 0.2) is 0 Å². The van der Waals surface area contributed by atoms with Crippen LogP contribution in [0.25, 0.3) is 11.1 Å². The van der Waals surface area contributed by atoms with Gasteiger partial charge in [-0.15, -0.1) is 0 Å². The summed E-state index contributed by atoms with van der Waals surface area (Å²) in [7, 11) is 3.19. The van der Waals surface area contributed by atoms with Crippen molar-refractivity contribution in [3.8, 4) is 11.1 Å². The van der Waals surface area contributed by atoms with Gasteiger partial charge in [-0.25, -0.2) is 9.59 Å². The van der Waals surface area contributed by atoms with Crippen molar-refractivity contribution in [1.82, 2.24) is 15.1 Å². The van der Waals surface area contributed by atoms with Crippen molar-refractivity contribution < 1.29 is 23.9 Å². The fourth-order valence-electron chi connectivity index (χ4n) is 4.02. The Morgan fingerprint density at radius 3 is 2.03 bits per heavy atom. The van der Waals surface area contributed by atoms with Crippen LogP contribution in [0.5, 0.6) is 0 Å². The van der Waals surface area contributed by atoms with Crippen LogP contribution < -0.4 is 5.32 Å². The van der Waals surface area contributed by atoms with Crippen LogP contribution in [0.15, 0.2) is 48.5 Å². The van der Waals surface area contributed by atoms with E-state index in [2.05, 4.69) is 29.6 Å². The predicted octanol–water partition coefficient (Wildman–Crippen LogP) is 4.24. The maximum atomic E-state index is 12.5. The molecule has 35 heavy (non-hydrogen) atoms. The van der Waals surface area contributed by atoms with Gasteiger partial charge in [0.25, 0.3) is 0 Å². The second-order valence-electron chi connectivity index (χ2n) is 9.77. The number of fused-ring (bicyclic) bond motifs is 3. The van der Waals surface area contributed by atoms with Crippen molar-refractivity contribution in [2.75, 3.05) is 40.3 Å². The molecule has 1 N–H and O–H groups in total. The van der Waals surface area contributed by atoms with Gasteiger partial charge in [0.2, 0.25) is 5.91 Å². The van der Waals surface area contributed by atoms with Crippen molar-refractivity contribution in [3.63, 3.8) is 0 Å². The number of nitrogens with one attached hydrogen (secondary N) is 1. The molecule has 188 valence electrons. The molecule has 0 aliphatic heterocycles. The molecule has 1 aliphatic rings. The molecule has 0 atom stereocenters. The lowest BCUT2D eigenvalue weighted by atomic mass is 9.98. The van der Waals surface area contributed by atoms with Crippen LogP contribution in [0.2, 0.25) is 0 Å². The van der Waals surface area contributed by atoms with E-state index in [1.807, 2.05) is 45.0 Å². The molecule has 1 aliphatic carbocycles. The minimum Gasteiger partial charge on any atom is -0.448 e. The Hall–Kier alpha value is -3.55. The van der Waals surface area contributed by atoms with E-state index in [9.17, 15) is 14.4 Å². The summed E-state index contributed by atoms with van der Waals surface area (Å²) >= 11 is 0. The summed E-state index contributed by atoms with van der Waals surface area (Å²) in [5.41, 5.74) is 4.04. The summed E-state index contributed by atoms with van der Waals surface area (Å²) in [4.78, 5) is 39.5. The fraction of sp³-hybridized carbons (Fsp3) is 0.444. The van der Waals surface area contributed by atoms with Crippen LogP contribution in [0.4, 0.5) is 9.59 Å². The average Bonchev–Trinajstić information content (AvgIpc) is 3.12. The minimum atomic E-state index is -0.552. The molecule has 0 radical (unpaired) electrons. The lowest BCUT2D eigenvalue weighted by Crippen LogP contribution is -2.40. The Morgan fingerprint density at radius 1 is 0.886 bits per heavy atom. The lowest BCUT2D eigenvalue weighted by molar-refractivity contribution is -0.121. The molecule has 2 aromatic carbocycles. The van der Waals surface area contributed by atoms with Crippen LogP contribution in [-0.2, 0) is 14.3 Å². The van der Waals surface area contributed by atoms with E-state index in [0.717, 1.165) is 22.3 Å². The van der Waals surface area contributed by atoms with Gasteiger partial charge < -0.3 is 24.6 Å². The molecule has 8 heteroatoms. The summed E-state index contributed by atoms with van der Waals surface area (Å²) in [6.45, 7) is 6.35. The zero-order valence-corrected chi connectivity index (χ0v) is 21.2. The van der Waals surface area contributed by atoms with E-state index in [1.165, 1.54) is 16.8 Å². The number of benzene rings is 2. The first kappa shape index (κ1) is 26.1. The molecule has 3 rings (SSSR count). The van der Waals surface area contributed by atoms with Gasteiger partial charge >= 0.3 is 12.2 Å². The van der Waals surface area contributed by atoms with Crippen molar-refractivity contribution in [2.45, 2.75) is 38.7 Å². The zero-order valence-electron chi connectivity index (χ0n) is 21.2. The molecular weight excluding hydrogens is 446 g/mol. The van der Waals surface area contributed by atoms with Gasteiger partial charge in [-0.3, -0.25) is 4.79 Å². The molecule has 0 saturated carbocycles. The number of hydrogen-bond acceptors (Lipinski definition) is 5. The number of rotatable bonds is 8. The molecule has 0 spiro atoms. The number of hydrogen-bond donors (Lipinski definition) is 1. The van der Waals surface area contributed by atoms with E-state index in [4.69, 9.17) is 9.47 Å². The third kappa shape index (κ3) is 6.97. The maximum absolute atomic E-state index is 12.5. The number of carbonyl (C=O) groups excluding carboxylic acids is 3. The van der Waals surface area contributed by atoms with Crippen LogP contribution in [0, 0.1) is 0 Å². The van der Waals surface area contributed by atoms with Crippen molar-refractivity contribution >= 4 is 18.1 Å². The quantitative estimate of drug-likeness (QED) is 0.570. The Morgan fingerprint density at radius 2 is 1.46 bits per heavy atom. The van der Waals surface area contributed by atoms with E-state index in [1.54, 1.807) is 7.05 Å². The third-order valence-electron chi connectivity index (χ3n) is 5.73. The summed E-state index contributed by atoms with van der Waals surface area (Å²) in [5, 5.41) is 2.77. The molecule has 2 aromatic rings. The molecule has 8 nitrogen and oxygen atoms in total. The summed E-state index contributed by atoms with van der Waals surface area (Å²) < 4.78 is 10.9. The van der Waals surface area contributed by atoms with Crippen LogP contribution in [0.3, 0.4) is 0 Å². The van der Waals surface area contributed by atoms with E-state index >= 15 is 0 Å². The molecule has 3 amide bonds. The Labute approximate surface area is 207 Å². The Kier molecular flexibility index (Phi) is 8.38. The highest BCUT2D eigenvalue weighted by molar-refractivity contribution is 5.82. The standard InChI is InChI=1S/C27H35N3O5/c1-27(2,3)35-26(33)29(4)16-10-15-28-24(31)17-30(5)25(32)34-18-23-21-13-8-6-11-19(21)20-12-7-9-14-22(20)23/h6-9,11-14,23H,10,15-18H2,1-5H3,(H,28,31). The number of carbonyl (C=O) groups is 3. The molecular formula is C27H35N3O5. The van der Waals surface area contributed by atoms with Gasteiger partial charge in [-0.1, -0.05) is 48.5 Å². The fourth-order valence-corrected chi connectivity index (χ4v) is 4.02. The lowest BCUT2D eigenvalue weighted by Gasteiger charge is -2.24. The van der Waals surface area contributed by atoms with E-state index < -0.39 is 17.8 Å². The van der Waals surface area contributed by atoms with Gasteiger partial charge in [0.1, 0.15) is 18.8 Å². The first-order chi connectivity index (χ1) is 16.6. The molecule has 0 fully saturated rings. The number of ether oxygens (including phenoxy) is 2. The third-order valence-corrected chi connectivity index (χ3v) is 5.73. The smallest absolute Gasteiger partial charge is 0.410 e. The average molecular weight is 482 g/mol. The van der Waals surface area contributed by atoms with Crippen molar-refractivity contribution in [2.24, 2.45) is 0 Å². The van der Waals surface area contributed by atoms with Crippen LogP contribution in [0.1, 0.15) is 44.2 Å². The zero-order chi connectivity index (χ0) is 25.6. The number of likely N-dealkylation sites (N-methyl/N-ethyl adjacent to an activating group) is 1. The topological polar surface area (TPSA) is 88.2 Å². The molecule has 0 bridgehead atoms. The van der Waals surface area contributed by atoms with Gasteiger partial charge in [-0.05, 0) is 49.4 Å². The molecule has 0 heterocycles. The second-order valence-corrected chi connectivity index (χ2v) is 9.77. The number of amides is 3. The largest absolute Gasteiger partial charge is 0.448 e. The molecule has 0 unspecified atom stereocenters. The Balaban J connectivity index is 1.41. The molecule has 0 aromatic heterocycles. The maximum Gasteiger partial charge on any atom is 0.410 e. The molecule has 0 saturated heterocycles. The van der Waals surface area contributed by atoms with Gasteiger partial charge in [0, 0.05) is 33.1 Å². The first-order valence-corrected chi connectivity index (χ1v) is 11.8. The Bertz CT molecular complexity index is 1020. The normalized spacial score (nSPS) is 12.4. The summed E-state index contributed by atoms with van der Waals surface area (Å²) in [6, 6.07) is 16.3. The van der Waals surface area contributed by atoms with Crippen molar-refractivity contribution in [3.05, 3.63) is 59.7 Å². The highest BCUT2D eigenvalue weighted by atomic mass is 16.6. The van der Waals surface area contributed by atoms with Crippen LogP contribution >= 0.6 is 0 Å². The van der Waals surface area contributed by atoms with Gasteiger partial charge in [0.05, 0.1) is 0 Å². The first-order valence-electron chi connectivity index (χ1n) is 11.8. The summed E-state index contributed by atoms with van der Waals surface area (Å²) in [5.74, 6) is -0.323. The predicted molar refractivity (Wildman–Crippen MR) is 134 cm³/mol. The van der Waals surface area contributed by atoms with Crippen LogP contribution in [-0.4, -0.2) is 73.8 Å². The van der Waals surface area contributed by atoms with E-state index in [0.29, 0.717) is 19.5 Å².